The zero-order valence-corrected chi connectivity index (χ0v) is 13.1. The fourth-order valence-electron chi connectivity index (χ4n) is 4.46. The van der Waals surface area contributed by atoms with Gasteiger partial charge >= 0.3 is 0 Å². The molecule has 2 aliphatic carbocycles. The zero-order chi connectivity index (χ0) is 16.8. The molecule has 0 bridgehead atoms. The van der Waals surface area contributed by atoms with E-state index < -0.39 is 0 Å². The number of hydrogen-bond donors (Lipinski definition) is 2. The summed E-state index contributed by atoms with van der Waals surface area (Å²) in [5.74, 6) is 0.208. The Morgan fingerprint density at radius 1 is 0.625 bits per heavy atom. The van der Waals surface area contributed by atoms with Crippen LogP contribution in [0.5, 0.6) is 11.5 Å². The van der Waals surface area contributed by atoms with Crippen LogP contribution in [0.3, 0.4) is 0 Å². The van der Waals surface area contributed by atoms with E-state index in [1.165, 1.54) is 0 Å². The van der Waals surface area contributed by atoms with Crippen molar-refractivity contribution in [2.24, 2.45) is 11.8 Å². The van der Waals surface area contributed by atoms with Gasteiger partial charge in [-0.05, 0) is 47.2 Å². The number of ketones is 2. The second kappa shape index (κ2) is 5.48. The summed E-state index contributed by atoms with van der Waals surface area (Å²) in [6, 6.07) is 13.5. The quantitative estimate of drug-likeness (QED) is 0.891. The fourth-order valence-corrected chi connectivity index (χ4v) is 4.46. The van der Waals surface area contributed by atoms with E-state index in [0.29, 0.717) is 12.8 Å². The molecule has 4 unspecified atom stereocenters. The summed E-state index contributed by atoms with van der Waals surface area (Å²) in [4.78, 5) is 25.2. The summed E-state index contributed by atoms with van der Waals surface area (Å²) in [5.41, 5.74) is 1.76. The lowest BCUT2D eigenvalue weighted by Gasteiger charge is -2.19. The first-order valence-electron chi connectivity index (χ1n) is 8.18. The Balaban J connectivity index is 1.67. The highest BCUT2D eigenvalue weighted by Gasteiger charge is 2.53. The van der Waals surface area contributed by atoms with Crippen molar-refractivity contribution in [1.29, 1.82) is 0 Å². The minimum atomic E-state index is -0.262. The number of hydrogen-bond acceptors (Lipinski definition) is 4. The van der Waals surface area contributed by atoms with E-state index >= 15 is 0 Å². The Morgan fingerprint density at radius 2 is 0.958 bits per heavy atom. The van der Waals surface area contributed by atoms with E-state index in [2.05, 4.69) is 0 Å². The van der Waals surface area contributed by atoms with Gasteiger partial charge in [-0.2, -0.15) is 0 Å². The highest BCUT2D eigenvalue weighted by atomic mass is 16.3. The molecular formula is C20H18O4. The van der Waals surface area contributed by atoms with Crippen LogP contribution in [-0.4, -0.2) is 21.8 Å². The Hall–Kier alpha value is -2.62. The SMILES string of the molecule is O=C1CC2C(c3ccc(O)cc3)C(=O)CC2C1c1ccc(O)cc1. The van der Waals surface area contributed by atoms with Gasteiger partial charge in [-0.25, -0.2) is 0 Å². The van der Waals surface area contributed by atoms with E-state index in [1.807, 2.05) is 0 Å². The van der Waals surface area contributed by atoms with Crippen LogP contribution >= 0.6 is 0 Å². The number of fused-ring (bicyclic) bond motifs is 1. The van der Waals surface area contributed by atoms with Crippen molar-refractivity contribution in [3.63, 3.8) is 0 Å². The second-order valence-electron chi connectivity index (χ2n) is 6.81. The summed E-state index contributed by atoms with van der Waals surface area (Å²) in [6.07, 6.45) is 0.820. The molecule has 0 amide bonds. The van der Waals surface area contributed by atoms with E-state index in [0.717, 1.165) is 11.1 Å². The number of rotatable bonds is 2. The van der Waals surface area contributed by atoms with Gasteiger partial charge in [0.1, 0.15) is 23.1 Å². The van der Waals surface area contributed by atoms with Gasteiger partial charge in [-0.15, -0.1) is 0 Å². The van der Waals surface area contributed by atoms with Crippen LogP contribution in [0.25, 0.3) is 0 Å². The van der Waals surface area contributed by atoms with Crippen LogP contribution in [0.15, 0.2) is 48.5 Å². The van der Waals surface area contributed by atoms with Gasteiger partial charge in [0.2, 0.25) is 0 Å². The van der Waals surface area contributed by atoms with Crippen molar-refractivity contribution < 1.29 is 19.8 Å². The third kappa shape index (κ3) is 2.30. The molecule has 2 fully saturated rings. The van der Waals surface area contributed by atoms with Gasteiger partial charge in [0, 0.05) is 24.7 Å². The van der Waals surface area contributed by atoms with Crippen molar-refractivity contribution in [2.75, 3.05) is 0 Å². The molecule has 4 nitrogen and oxygen atoms in total. The fraction of sp³-hybridized carbons (Fsp3) is 0.300. The molecule has 0 aromatic heterocycles. The highest BCUT2D eigenvalue weighted by Crippen LogP contribution is 2.54. The summed E-state index contributed by atoms with van der Waals surface area (Å²) < 4.78 is 0. The first-order valence-corrected chi connectivity index (χ1v) is 8.18. The van der Waals surface area contributed by atoms with Crippen LogP contribution in [0, 0.1) is 11.8 Å². The maximum absolute atomic E-state index is 12.6. The maximum Gasteiger partial charge on any atom is 0.140 e. The average Bonchev–Trinajstić information content (AvgIpc) is 3.02. The first kappa shape index (κ1) is 14.9. The molecule has 0 aliphatic heterocycles. The smallest absolute Gasteiger partial charge is 0.140 e. The van der Waals surface area contributed by atoms with Crippen LogP contribution in [0.1, 0.15) is 35.8 Å². The number of carbonyl (C=O) groups is 2. The number of phenolic OH excluding ortho intramolecular Hbond substituents is 2. The molecule has 0 heterocycles. The summed E-state index contributed by atoms with van der Waals surface area (Å²) in [6.45, 7) is 0. The third-order valence-corrected chi connectivity index (χ3v) is 5.48. The molecule has 4 heteroatoms. The molecular weight excluding hydrogens is 304 g/mol. The number of carbonyl (C=O) groups excluding carboxylic acids is 2. The molecule has 0 radical (unpaired) electrons. The van der Waals surface area contributed by atoms with E-state index in [9.17, 15) is 19.8 Å². The summed E-state index contributed by atoms with van der Waals surface area (Å²) in [5, 5.41) is 18.9. The second-order valence-corrected chi connectivity index (χ2v) is 6.81. The zero-order valence-electron chi connectivity index (χ0n) is 13.1. The lowest BCUT2D eigenvalue weighted by Crippen LogP contribution is -2.13. The van der Waals surface area contributed by atoms with E-state index in [1.54, 1.807) is 48.5 Å². The standard InChI is InChI=1S/C20H18O4/c21-13-5-1-11(2-6-13)19-15-9-18(24)20(16(15)10-17(19)23)12-3-7-14(22)8-4-12/h1-8,15-16,19-22H,9-10H2. The van der Waals surface area contributed by atoms with Crippen LogP contribution in [0.2, 0.25) is 0 Å². The largest absolute Gasteiger partial charge is 0.508 e. The molecule has 2 aromatic carbocycles. The third-order valence-electron chi connectivity index (χ3n) is 5.48. The van der Waals surface area contributed by atoms with Crippen LogP contribution in [-0.2, 0) is 9.59 Å². The number of aromatic hydroxyl groups is 2. The Bertz CT molecular complexity index is 722. The summed E-state index contributed by atoms with van der Waals surface area (Å²) >= 11 is 0. The maximum atomic E-state index is 12.6. The van der Waals surface area contributed by atoms with Crippen molar-refractivity contribution >= 4 is 11.6 Å². The van der Waals surface area contributed by atoms with Crippen molar-refractivity contribution in [2.45, 2.75) is 24.7 Å². The van der Waals surface area contributed by atoms with Gasteiger partial charge in [-0.3, -0.25) is 9.59 Å². The van der Waals surface area contributed by atoms with Gasteiger partial charge in [0.25, 0.3) is 0 Å². The molecule has 2 N–H and O–H groups in total. The monoisotopic (exact) mass is 322 g/mol. The number of Topliss-reactive ketones (excluding diaryl/α,β-unsaturated/α-hetero) is 2. The molecule has 2 saturated carbocycles. The molecule has 4 atom stereocenters. The molecule has 0 spiro atoms. The van der Waals surface area contributed by atoms with E-state index in [-0.39, 0.29) is 46.7 Å². The Kier molecular flexibility index (Phi) is 3.41. The van der Waals surface area contributed by atoms with Gasteiger partial charge in [-0.1, -0.05) is 24.3 Å². The normalized spacial score (nSPS) is 29.0. The Morgan fingerprint density at radius 3 is 1.29 bits per heavy atom. The van der Waals surface area contributed by atoms with Crippen molar-refractivity contribution in [3.8, 4) is 11.5 Å². The van der Waals surface area contributed by atoms with Gasteiger partial charge in [0.15, 0.2) is 0 Å². The average molecular weight is 322 g/mol. The predicted octanol–water partition coefficient (Wildman–Crippen LogP) is 3.14. The van der Waals surface area contributed by atoms with Gasteiger partial charge < -0.3 is 10.2 Å². The van der Waals surface area contributed by atoms with Crippen molar-refractivity contribution in [3.05, 3.63) is 59.7 Å². The van der Waals surface area contributed by atoms with E-state index in [4.69, 9.17) is 0 Å². The minimum absolute atomic E-state index is 0.0216. The minimum Gasteiger partial charge on any atom is -0.508 e. The van der Waals surface area contributed by atoms with Crippen molar-refractivity contribution in [1.82, 2.24) is 0 Å². The number of phenols is 2. The lowest BCUT2D eigenvalue weighted by atomic mass is 9.83. The highest BCUT2D eigenvalue weighted by molar-refractivity contribution is 5.96. The predicted molar refractivity (Wildman–Crippen MR) is 87.9 cm³/mol. The molecule has 24 heavy (non-hydrogen) atoms. The van der Waals surface area contributed by atoms with Gasteiger partial charge in [0.05, 0.1) is 0 Å². The topological polar surface area (TPSA) is 74.6 Å². The molecule has 2 aliphatic rings. The molecule has 122 valence electrons. The van der Waals surface area contributed by atoms with Crippen LogP contribution < -0.4 is 0 Å². The Labute approximate surface area is 139 Å². The molecule has 0 saturated heterocycles. The number of benzene rings is 2. The molecule has 4 rings (SSSR count). The van der Waals surface area contributed by atoms with Crippen LogP contribution in [0.4, 0.5) is 0 Å². The first-order chi connectivity index (χ1) is 11.5. The lowest BCUT2D eigenvalue weighted by molar-refractivity contribution is -0.121. The molecule has 2 aromatic rings. The summed E-state index contributed by atoms with van der Waals surface area (Å²) in [7, 11) is 0.